The lowest BCUT2D eigenvalue weighted by atomic mass is 10.1. The molecule has 0 aliphatic heterocycles. The van der Waals surface area contributed by atoms with Crippen LogP contribution in [0, 0.1) is 5.92 Å². The number of hydrogen-bond acceptors (Lipinski definition) is 4. The van der Waals surface area contributed by atoms with Crippen LogP contribution in [0.2, 0.25) is 0 Å². The van der Waals surface area contributed by atoms with Gasteiger partial charge >= 0.3 is 0 Å². The van der Waals surface area contributed by atoms with Crippen LogP contribution in [0.4, 0.5) is 0 Å². The molecule has 0 fully saturated rings. The molecule has 0 saturated carbocycles. The Labute approximate surface area is 120 Å². The van der Waals surface area contributed by atoms with Gasteiger partial charge in [-0.05, 0) is 31.7 Å². The van der Waals surface area contributed by atoms with E-state index in [-0.39, 0.29) is 22.8 Å². The molecule has 1 aromatic carbocycles. The zero-order valence-electron chi connectivity index (χ0n) is 12.3. The van der Waals surface area contributed by atoms with Crippen molar-refractivity contribution >= 4 is 15.7 Å². The molecule has 20 heavy (non-hydrogen) atoms. The Balaban J connectivity index is 2.73. The van der Waals surface area contributed by atoms with Crippen molar-refractivity contribution in [3.8, 4) is 0 Å². The van der Waals surface area contributed by atoms with Crippen molar-refractivity contribution in [1.82, 2.24) is 10.6 Å². The maximum Gasteiger partial charge on any atom is 0.224 e. The first kappa shape index (κ1) is 16.7. The Morgan fingerprint density at radius 3 is 2.20 bits per heavy atom. The Kier molecular flexibility index (Phi) is 5.71. The van der Waals surface area contributed by atoms with Gasteiger partial charge in [0.05, 0.1) is 10.9 Å². The molecule has 0 spiro atoms. The Bertz CT molecular complexity index is 552. The summed E-state index contributed by atoms with van der Waals surface area (Å²) in [4.78, 5) is 12.2. The summed E-state index contributed by atoms with van der Waals surface area (Å²) in [6.45, 7) is 4.34. The quantitative estimate of drug-likeness (QED) is 0.825. The summed E-state index contributed by atoms with van der Waals surface area (Å²) >= 11 is 0. The van der Waals surface area contributed by atoms with Crippen molar-refractivity contribution in [1.29, 1.82) is 0 Å². The van der Waals surface area contributed by atoms with Gasteiger partial charge in [0.15, 0.2) is 9.84 Å². The molecule has 2 unspecified atom stereocenters. The Morgan fingerprint density at radius 1 is 1.20 bits per heavy atom. The molecule has 1 amide bonds. The van der Waals surface area contributed by atoms with Crippen molar-refractivity contribution in [2.24, 2.45) is 5.92 Å². The van der Waals surface area contributed by atoms with Crippen LogP contribution in [0.5, 0.6) is 0 Å². The van der Waals surface area contributed by atoms with Gasteiger partial charge < -0.3 is 10.6 Å². The molecule has 1 rings (SSSR count). The number of rotatable bonds is 6. The zero-order valence-corrected chi connectivity index (χ0v) is 13.1. The second-order valence-electron chi connectivity index (χ2n) is 5.03. The predicted molar refractivity (Wildman–Crippen MR) is 79.2 cm³/mol. The lowest BCUT2D eigenvalue weighted by Gasteiger charge is -2.18. The first-order valence-electron chi connectivity index (χ1n) is 6.50. The molecular formula is C14H22N2O3S. The van der Waals surface area contributed by atoms with Crippen LogP contribution >= 0.6 is 0 Å². The van der Waals surface area contributed by atoms with Crippen LogP contribution < -0.4 is 10.6 Å². The van der Waals surface area contributed by atoms with Gasteiger partial charge in [-0.25, -0.2) is 8.42 Å². The van der Waals surface area contributed by atoms with E-state index in [1.54, 1.807) is 31.3 Å². The number of carbonyl (C=O) groups is 1. The van der Waals surface area contributed by atoms with Crippen LogP contribution in [0.3, 0.4) is 0 Å². The first-order chi connectivity index (χ1) is 9.25. The summed E-state index contributed by atoms with van der Waals surface area (Å²) in [6.07, 6.45) is 1.17. The lowest BCUT2D eigenvalue weighted by Crippen LogP contribution is -2.35. The molecule has 0 bridgehead atoms. The van der Waals surface area contributed by atoms with E-state index in [9.17, 15) is 13.2 Å². The summed E-state index contributed by atoms with van der Waals surface area (Å²) in [7, 11) is -1.38. The molecule has 0 radical (unpaired) electrons. The first-order valence-corrected chi connectivity index (χ1v) is 8.40. The summed E-state index contributed by atoms with van der Waals surface area (Å²) in [5, 5.41) is 5.87. The van der Waals surface area contributed by atoms with E-state index in [0.717, 1.165) is 5.56 Å². The van der Waals surface area contributed by atoms with Crippen LogP contribution in [-0.4, -0.2) is 34.2 Å². The van der Waals surface area contributed by atoms with Gasteiger partial charge in [-0.1, -0.05) is 19.1 Å². The molecule has 0 saturated heterocycles. The minimum Gasteiger partial charge on any atom is -0.349 e. The summed E-state index contributed by atoms with van der Waals surface area (Å²) in [5.74, 6) is -0.142. The average molecular weight is 298 g/mol. The van der Waals surface area contributed by atoms with Gasteiger partial charge in [0.25, 0.3) is 0 Å². The summed E-state index contributed by atoms with van der Waals surface area (Å²) in [5.41, 5.74) is 0.877. The summed E-state index contributed by atoms with van der Waals surface area (Å²) < 4.78 is 22.8. The third-order valence-corrected chi connectivity index (χ3v) is 4.25. The van der Waals surface area contributed by atoms with Crippen LogP contribution in [0.25, 0.3) is 0 Å². The van der Waals surface area contributed by atoms with E-state index >= 15 is 0 Å². The second-order valence-corrected chi connectivity index (χ2v) is 7.05. The van der Waals surface area contributed by atoms with Crippen molar-refractivity contribution < 1.29 is 13.2 Å². The number of hydrogen-bond donors (Lipinski definition) is 2. The highest BCUT2D eigenvalue weighted by molar-refractivity contribution is 7.90. The van der Waals surface area contributed by atoms with E-state index in [4.69, 9.17) is 0 Å². The molecule has 2 atom stereocenters. The average Bonchev–Trinajstić information content (AvgIpc) is 2.38. The third kappa shape index (κ3) is 4.61. The molecule has 0 aliphatic carbocycles. The fraction of sp³-hybridized carbons (Fsp3) is 0.500. The van der Waals surface area contributed by atoms with E-state index in [1.807, 2.05) is 13.8 Å². The molecular weight excluding hydrogens is 276 g/mol. The van der Waals surface area contributed by atoms with Crippen LogP contribution in [0.1, 0.15) is 25.5 Å². The largest absolute Gasteiger partial charge is 0.349 e. The molecule has 1 aromatic rings. The Hall–Kier alpha value is -1.40. The summed E-state index contributed by atoms with van der Waals surface area (Å²) in [6, 6.07) is 6.42. The topological polar surface area (TPSA) is 75.3 Å². The van der Waals surface area contributed by atoms with Gasteiger partial charge in [-0.2, -0.15) is 0 Å². The molecule has 112 valence electrons. The number of sulfone groups is 1. The molecule has 6 heteroatoms. The van der Waals surface area contributed by atoms with Gasteiger partial charge in [-0.3, -0.25) is 4.79 Å². The van der Waals surface area contributed by atoms with Crippen molar-refractivity contribution in [2.75, 3.05) is 19.8 Å². The fourth-order valence-corrected chi connectivity index (χ4v) is 2.47. The minimum absolute atomic E-state index is 0.0287. The van der Waals surface area contributed by atoms with E-state index in [1.165, 1.54) is 6.26 Å². The van der Waals surface area contributed by atoms with Gasteiger partial charge in [0.1, 0.15) is 0 Å². The van der Waals surface area contributed by atoms with Crippen molar-refractivity contribution in [3.05, 3.63) is 29.8 Å². The predicted octanol–water partition coefficient (Wildman–Crippen LogP) is 1.12. The van der Waals surface area contributed by atoms with Crippen LogP contribution in [-0.2, 0) is 14.6 Å². The Morgan fingerprint density at radius 2 is 1.75 bits per heavy atom. The van der Waals surface area contributed by atoms with E-state index in [2.05, 4.69) is 10.6 Å². The maximum atomic E-state index is 11.9. The van der Waals surface area contributed by atoms with Crippen molar-refractivity contribution in [2.45, 2.75) is 24.8 Å². The molecule has 0 heterocycles. The lowest BCUT2D eigenvalue weighted by molar-refractivity contribution is -0.125. The molecule has 2 N–H and O–H groups in total. The monoisotopic (exact) mass is 298 g/mol. The molecule has 5 nitrogen and oxygen atoms in total. The third-order valence-electron chi connectivity index (χ3n) is 3.12. The maximum absolute atomic E-state index is 11.9. The number of nitrogens with one attached hydrogen (secondary N) is 2. The SMILES string of the molecule is CNCC(C)C(=O)NC(C)c1ccc(S(C)(=O)=O)cc1. The number of amides is 1. The van der Waals surface area contributed by atoms with Crippen LogP contribution in [0.15, 0.2) is 29.2 Å². The highest BCUT2D eigenvalue weighted by Gasteiger charge is 2.16. The highest BCUT2D eigenvalue weighted by atomic mass is 32.2. The second kappa shape index (κ2) is 6.85. The van der Waals surface area contributed by atoms with Crippen molar-refractivity contribution in [3.63, 3.8) is 0 Å². The smallest absolute Gasteiger partial charge is 0.224 e. The van der Waals surface area contributed by atoms with E-state index < -0.39 is 9.84 Å². The van der Waals surface area contributed by atoms with Gasteiger partial charge in [0.2, 0.25) is 5.91 Å². The number of benzene rings is 1. The normalized spacial score (nSPS) is 14.6. The molecule has 0 aromatic heterocycles. The molecule has 0 aliphatic rings. The number of carbonyl (C=O) groups excluding carboxylic acids is 1. The van der Waals surface area contributed by atoms with Gasteiger partial charge in [-0.15, -0.1) is 0 Å². The fourth-order valence-electron chi connectivity index (χ4n) is 1.84. The van der Waals surface area contributed by atoms with Gasteiger partial charge in [0, 0.05) is 18.7 Å². The zero-order chi connectivity index (χ0) is 15.3. The van der Waals surface area contributed by atoms with E-state index in [0.29, 0.717) is 6.54 Å². The standard InChI is InChI=1S/C14H22N2O3S/c1-10(9-15-3)14(17)16-11(2)12-5-7-13(8-6-12)20(4,18)19/h5-8,10-11,15H,9H2,1-4H3,(H,16,17). The highest BCUT2D eigenvalue weighted by Crippen LogP contribution is 2.16. The minimum atomic E-state index is -3.18.